The highest BCUT2D eigenvalue weighted by Gasteiger charge is 2.31. The van der Waals surface area contributed by atoms with E-state index in [2.05, 4.69) is 11.8 Å². The minimum Gasteiger partial charge on any atom is -0.384 e. The number of halogens is 3. The fourth-order valence-electron chi connectivity index (χ4n) is 2.16. The lowest BCUT2D eigenvalue weighted by Gasteiger charge is -2.14. The van der Waals surface area contributed by atoms with Crippen molar-refractivity contribution in [2.75, 3.05) is 0 Å². The van der Waals surface area contributed by atoms with E-state index in [0.29, 0.717) is 5.56 Å². The molecule has 0 saturated heterocycles. The van der Waals surface area contributed by atoms with E-state index in [0.717, 1.165) is 23.3 Å². The van der Waals surface area contributed by atoms with Crippen molar-refractivity contribution in [3.8, 4) is 11.8 Å². The van der Waals surface area contributed by atoms with Crippen molar-refractivity contribution in [3.63, 3.8) is 0 Å². The number of alkyl halides is 3. The van der Waals surface area contributed by atoms with Crippen LogP contribution in [0.5, 0.6) is 0 Å². The minimum atomic E-state index is -4.47. The molecule has 0 fully saturated rings. The minimum absolute atomic E-state index is 0.148. The van der Waals surface area contributed by atoms with Gasteiger partial charge in [0.05, 0.1) is 11.7 Å². The van der Waals surface area contributed by atoms with Crippen molar-refractivity contribution in [1.29, 1.82) is 0 Å². The quantitative estimate of drug-likeness (QED) is 0.600. The van der Waals surface area contributed by atoms with E-state index < -0.39 is 17.8 Å². The highest BCUT2D eigenvalue weighted by molar-refractivity contribution is 5.49. The van der Waals surface area contributed by atoms with E-state index >= 15 is 0 Å². The fourth-order valence-corrected chi connectivity index (χ4v) is 2.16. The standard InChI is InChI=1S/C20H17F3O/c1-14(2)12-19(24)18-13-17(20(21,22)23)11-10-16(18)9-8-15-6-4-3-5-7-15/h3-7,10-13,19,24H,1-2H3. The lowest BCUT2D eigenvalue weighted by molar-refractivity contribution is -0.137. The smallest absolute Gasteiger partial charge is 0.384 e. The van der Waals surface area contributed by atoms with Gasteiger partial charge in [-0.05, 0) is 44.2 Å². The first kappa shape index (κ1) is 17.8. The second-order valence-electron chi connectivity index (χ2n) is 5.60. The average Bonchev–Trinajstić information content (AvgIpc) is 2.52. The third-order valence-electron chi connectivity index (χ3n) is 3.30. The van der Waals surface area contributed by atoms with Gasteiger partial charge >= 0.3 is 6.18 Å². The molecule has 0 radical (unpaired) electrons. The lowest BCUT2D eigenvalue weighted by atomic mass is 9.98. The molecule has 0 aliphatic carbocycles. The second-order valence-corrected chi connectivity index (χ2v) is 5.60. The Kier molecular flexibility index (Phi) is 5.48. The Bertz CT molecular complexity index is 789. The van der Waals surface area contributed by atoms with Gasteiger partial charge in [0.15, 0.2) is 0 Å². The number of aliphatic hydroxyl groups excluding tert-OH is 1. The Morgan fingerprint density at radius 1 is 1.04 bits per heavy atom. The van der Waals surface area contributed by atoms with Crippen LogP contribution in [0.25, 0.3) is 0 Å². The topological polar surface area (TPSA) is 20.2 Å². The van der Waals surface area contributed by atoms with Crippen LogP contribution in [0, 0.1) is 11.8 Å². The summed E-state index contributed by atoms with van der Waals surface area (Å²) in [6, 6.07) is 12.4. The van der Waals surface area contributed by atoms with Gasteiger partial charge in [-0.1, -0.05) is 41.7 Å². The van der Waals surface area contributed by atoms with Gasteiger partial charge in [-0.2, -0.15) is 13.2 Å². The van der Waals surface area contributed by atoms with Crippen LogP contribution in [0.3, 0.4) is 0 Å². The van der Waals surface area contributed by atoms with E-state index in [1.807, 2.05) is 30.3 Å². The van der Waals surface area contributed by atoms with E-state index in [9.17, 15) is 18.3 Å². The largest absolute Gasteiger partial charge is 0.416 e. The normalized spacial score (nSPS) is 12.1. The zero-order chi connectivity index (χ0) is 17.7. The summed E-state index contributed by atoms with van der Waals surface area (Å²) >= 11 is 0. The Morgan fingerprint density at radius 3 is 2.29 bits per heavy atom. The monoisotopic (exact) mass is 330 g/mol. The van der Waals surface area contributed by atoms with Gasteiger partial charge in [-0.3, -0.25) is 0 Å². The van der Waals surface area contributed by atoms with Crippen LogP contribution in [0.15, 0.2) is 60.2 Å². The van der Waals surface area contributed by atoms with Crippen LogP contribution < -0.4 is 0 Å². The van der Waals surface area contributed by atoms with Crippen molar-refractivity contribution >= 4 is 0 Å². The Morgan fingerprint density at radius 2 is 1.71 bits per heavy atom. The predicted octanol–water partition coefficient (Wildman–Crippen LogP) is 5.10. The molecule has 0 bridgehead atoms. The fraction of sp³-hybridized carbons (Fsp3) is 0.200. The maximum Gasteiger partial charge on any atom is 0.416 e. The van der Waals surface area contributed by atoms with E-state index in [1.165, 1.54) is 12.1 Å². The summed E-state index contributed by atoms with van der Waals surface area (Å²) in [6.45, 7) is 3.54. The van der Waals surface area contributed by atoms with Crippen LogP contribution >= 0.6 is 0 Å². The summed E-state index contributed by atoms with van der Waals surface area (Å²) in [5.41, 5.74) is 1.28. The highest BCUT2D eigenvalue weighted by Crippen LogP contribution is 2.32. The molecule has 1 N–H and O–H groups in total. The number of hydrogen-bond acceptors (Lipinski definition) is 1. The van der Waals surface area contributed by atoms with Gasteiger partial charge in [-0.25, -0.2) is 0 Å². The zero-order valence-corrected chi connectivity index (χ0v) is 13.4. The molecule has 1 unspecified atom stereocenters. The molecule has 4 heteroatoms. The molecule has 124 valence electrons. The molecular weight excluding hydrogens is 313 g/mol. The van der Waals surface area contributed by atoms with Gasteiger partial charge < -0.3 is 5.11 Å². The Hall–Kier alpha value is -2.51. The average molecular weight is 330 g/mol. The summed E-state index contributed by atoms with van der Waals surface area (Å²) in [5.74, 6) is 5.76. The first-order valence-corrected chi connectivity index (χ1v) is 7.38. The molecule has 0 amide bonds. The number of aliphatic hydroxyl groups is 1. The van der Waals surface area contributed by atoms with Crippen molar-refractivity contribution in [1.82, 2.24) is 0 Å². The summed E-state index contributed by atoms with van der Waals surface area (Å²) in [7, 11) is 0. The van der Waals surface area contributed by atoms with Gasteiger partial charge in [0.2, 0.25) is 0 Å². The molecule has 1 nitrogen and oxygen atoms in total. The molecule has 0 aliphatic rings. The first-order valence-electron chi connectivity index (χ1n) is 7.38. The molecule has 0 aromatic heterocycles. The third-order valence-corrected chi connectivity index (χ3v) is 3.30. The van der Waals surface area contributed by atoms with Crippen LogP contribution in [-0.2, 0) is 6.18 Å². The van der Waals surface area contributed by atoms with E-state index in [1.54, 1.807) is 13.8 Å². The summed E-state index contributed by atoms with van der Waals surface area (Å²) in [4.78, 5) is 0. The molecular formula is C20H17F3O. The molecule has 0 spiro atoms. The first-order chi connectivity index (χ1) is 11.3. The van der Waals surface area contributed by atoms with Crippen LogP contribution in [0.2, 0.25) is 0 Å². The van der Waals surface area contributed by atoms with E-state index in [-0.39, 0.29) is 5.56 Å². The van der Waals surface area contributed by atoms with Crippen LogP contribution in [0.4, 0.5) is 13.2 Å². The molecule has 2 aromatic carbocycles. The molecule has 24 heavy (non-hydrogen) atoms. The van der Waals surface area contributed by atoms with Gasteiger partial charge in [0.25, 0.3) is 0 Å². The number of rotatable bonds is 2. The van der Waals surface area contributed by atoms with Crippen LogP contribution in [0.1, 0.15) is 42.2 Å². The van der Waals surface area contributed by atoms with Crippen molar-refractivity contribution in [2.45, 2.75) is 26.1 Å². The van der Waals surface area contributed by atoms with Gasteiger partial charge in [0.1, 0.15) is 0 Å². The summed E-state index contributed by atoms with van der Waals surface area (Å²) < 4.78 is 38.8. The predicted molar refractivity (Wildman–Crippen MR) is 88.3 cm³/mol. The highest BCUT2D eigenvalue weighted by atomic mass is 19.4. The van der Waals surface area contributed by atoms with E-state index in [4.69, 9.17) is 0 Å². The molecule has 0 saturated carbocycles. The molecule has 0 aliphatic heterocycles. The molecule has 2 aromatic rings. The summed E-state index contributed by atoms with van der Waals surface area (Å²) in [6.07, 6.45) is -4.11. The third kappa shape index (κ3) is 4.74. The second kappa shape index (κ2) is 7.37. The summed E-state index contributed by atoms with van der Waals surface area (Å²) in [5, 5.41) is 10.2. The van der Waals surface area contributed by atoms with Crippen LogP contribution in [-0.4, -0.2) is 5.11 Å². The van der Waals surface area contributed by atoms with Crippen molar-refractivity contribution in [3.05, 3.63) is 82.4 Å². The zero-order valence-electron chi connectivity index (χ0n) is 13.4. The van der Waals surface area contributed by atoms with Crippen molar-refractivity contribution < 1.29 is 18.3 Å². The maximum atomic E-state index is 12.9. The SMILES string of the molecule is CC(C)=CC(O)c1cc(C(F)(F)F)ccc1C#Cc1ccccc1. The molecule has 0 heterocycles. The molecule has 2 rings (SSSR count). The number of benzene rings is 2. The van der Waals surface area contributed by atoms with Crippen molar-refractivity contribution in [2.24, 2.45) is 0 Å². The number of hydrogen-bond donors (Lipinski definition) is 1. The number of allylic oxidation sites excluding steroid dienone is 1. The molecule has 1 atom stereocenters. The lowest BCUT2D eigenvalue weighted by Crippen LogP contribution is -2.08. The maximum absolute atomic E-state index is 12.9. The Labute approximate surface area is 139 Å². The Balaban J connectivity index is 2.51. The van der Waals surface area contributed by atoms with Gasteiger partial charge in [0, 0.05) is 16.7 Å². The van der Waals surface area contributed by atoms with Gasteiger partial charge in [-0.15, -0.1) is 0 Å².